The smallest absolute Gasteiger partial charge is 0.144 e. The monoisotopic (exact) mass is 191 g/mol. The number of carbonyl (C=O) groups excluding carboxylic acids is 1. The largest absolute Gasteiger partial charge is 0.394 e. The second kappa shape index (κ2) is 6.04. The van der Waals surface area contributed by atoms with Crippen LogP contribution in [-0.2, 0) is 9.53 Å². The molecule has 5 heteroatoms. The molecule has 0 amide bonds. The number of rotatable bonds is 7. The van der Waals surface area contributed by atoms with Gasteiger partial charge in [-0.15, -0.1) is 0 Å². The summed E-state index contributed by atoms with van der Waals surface area (Å²) in [7, 11) is 0. The van der Waals surface area contributed by atoms with Gasteiger partial charge in [0.15, 0.2) is 0 Å². The average Bonchev–Trinajstić information content (AvgIpc) is 2.12. The molecule has 0 aliphatic heterocycles. The van der Waals surface area contributed by atoms with Crippen molar-refractivity contribution >= 4 is 6.29 Å². The maximum absolute atomic E-state index is 10.4. The fraction of sp³-hybridized carbons (Fsp3) is 0.875. The lowest BCUT2D eigenvalue weighted by molar-refractivity contribution is -0.116. The minimum atomic E-state index is -1.31. The molecule has 0 bridgehead atoms. The number of aliphatic hydroxyl groups is 2. The molecule has 0 rings (SSSR count). The summed E-state index contributed by atoms with van der Waals surface area (Å²) in [6.07, 6.45) is 0.521. The number of nitrogens with two attached hydrogens (primary N) is 1. The van der Waals surface area contributed by atoms with Crippen molar-refractivity contribution in [3.05, 3.63) is 0 Å². The molecule has 5 nitrogen and oxygen atoms in total. The van der Waals surface area contributed by atoms with Gasteiger partial charge in [0.05, 0.1) is 19.3 Å². The van der Waals surface area contributed by atoms with E-state index >= 15 is 0 Å². The Hall–Kier alpha value is -0.490. The van der Waals surface area contributed by atoms with E-state index < -0.39 is 18.2 Å². The molecule has 0 heterocycles. The summed E-state index contributed by atoms with van der Waals surface area (Å²) in [5.74, 6) is 0. The van der Waals surface area contributed by atoms with Gasteiger partial charge >= 0.3 is 0 Å². The van der Waals surface area contributed by atoms with Crippen LogP contribution in [0.1, 0.15) is 13.3 Å². The summed E-state index contributed by atoms with van der Waals surface area (Å²) in [4.78, 5) is 10.4. The molecule has 0 spiro atoms. The third-order valence-electron chi connectivity index (χ3n) is 1.58. The van der Waals surface area contributed by atoms with Gasteiger partial charge in [0.2, 0.25) is 0 Å². The van der Waals surface area contributed by atoms with Crippen LogP contribution in [-0.4, -0.2) is 48.0 Å². The molecule has 0 unspecified atom stereocenters. The van der Waals surface area contributed by atoms with Crippen molar-refractivity contribution in [2.75, 3.05) is 19.8 Å². The summed E-state index contributed by atoms with van der Waals surface area (Å²) in [5, 5.41) is 17.6. The van der Waals surface area contributed by atoms with Crippen molar-refractivity contribution in [2.24, 2.45) is 5.73 Å². The van der Waals surface area contributed by atoms with Crippen LogP contribution in [0.4, 0.5) is 0 Å². The van der Waals surface area contributed by atoms with Gasteiger partial charge in [0.25, 0.3) is 0 Å². The van der Waals surface area contributed by atoms with Gasteiger partial charge in [0, 0.05) is 6.61 Å². The van der Waals surface area contributed by atoms with E-state index in [1.54, 1.807) is 6.92 Å². The molecule has 13 heavy (non-hydrogen) atoms. The Labute approximate surface area is 77.5 Å². The van der Waals surface area contributed by atoms with E-state index in [0.29, 0.717) is 19.3 Å². The number of hydrogen-bond donors (Lipinski definition) is 3. The molecule has 0 saturated carbocycles. The van der Waals surface area contributed by atoms with Crippen LogP contribution in [0.25, 0.3) is 0 Å². The van der Waals surface area contributed by atoms with Crippen LogP contribution < -0.4 is 5.73 Å². The van der Waals surface area contributed by atoms with Gasteiger partial charge in [-0.2, -0.15) is 0 Å². The minimum absolute atomic E-state index is 0.0281. The maximum Gasteiger partial charge on any atom is 0.144 e. The Balaban J connectivity index is 3.56. The summed E-state index contributed by atoms with van der Waals surface area (Å²) in [6.45, 7) is 1.50. The lowest BCUT2D eigenvalue weighted by Crippen LogP contribution is -2.49. The van der Waals surface area contributed by atoms with Crippen LogP contribution in [0.3, 0.4) is 0 Å². The van der Waals surface area contributed by atoms with Crippen molar-refractivity contribution in [1.29, 1.82) is 0 Å². The molecule has 0 aliphatic rings. The van der Waals surface area contributed by atoms with Crippen molar-refractivity contribution in [3.8, 4) is 0 Å². The van der Waals surface area contributed by atoms with E-state index in [-0.39, 0.29) is 6.61 Å². The zero-order valence-corrected chi connectivity index (χ0v) is 7.77. The van der Waals surface area contributed by atoms with Gasteiger partial charge in [0.1, 0.15) is 11.8 Å². The Morgan fingerprint density at radius 2 is 2.31 bits per heavy atom. The SMILES string of the molecule is C[C@@H](O)CCOC[C@@](N)(C=O)CO. The highest BCUT2D eigenvalue weighted by atomic mass is 16.5. The molecule has 0 aliphatic carbocycles. The summed E-state index contributed by atoms with van der Waals surface area (Å²) < 4.78 is 5.02. The van der Waals surface area contributed by atoms with Crippen molar-refractivity contribution in [2.45, 2.75) is 25.0 Å². The second-order valence-electron chi connectivity index (χ2n) is 3.20. The highest BCUT2D eigenvalue weighted by molar-refractivity contribution is 5.64. The summed E-state index contributed by atoms with van der Waals surface area (Å²) >= 11 is 0. The Morgan fingerprint density at radius 3 is 2.69 bits per heavy atom. The highest BCUT2D eigenvalue weighted by Gasteiger charge is 2.23. The number of aldehydes is 1. The molecule has 0 radical (unpaired) electrons. The molecule has 4 N–H and O–H groups in total. The molecule has 0 aromatic heterocycles. The lowest BCUT2D eigenvalue weighted by atomic mass is 10.1. The number of aliphatic hydroxyl groups excluding tert-OH is 2. The Bertz CT molecular complexity index is 151. The quantitative estimate of drug-likeness (QED) is 0.342. The van der Waals surface area contributed by atoms with E-state index in [1.165, 1.54) is 0 Å². The number of hydrogen-bond acceptors (Lipinski definition) is 5. The molecular weight excluding hydrogens is 174 g/mol. The van der Waals surface area contributed by atoms with Crippen molar-refractivity contribution in [3.63, 3.8) is 0 Å². The van der Waals surface area contributed by atoms with Gasteiger partial charge < -0.3 is 25.5 Å². The third-order valence-corrected chi connectivity index (χ3v) is 1.58. The molecule has 0 aromatic rings. The van der Waals surface area contributed by atoms with Crippen molar-refractivity contribution in [1.82, 2.24) is 0 Å². The van der Waals surface area contributed by atoms with Gasteiger partial charge in [-0.25, -0.2) is 0 Å². The van der Waals surface area contributed by atoms with E-state index in [9.17, 15) is 4.79 Å². The highest BCUT2D eigenvalue weighted by Crippen LogP contribution is 1.98. The molecule has 0 saturated heterocycles. The first-order valence-corrected chi connectivity index (χ1v) is 4.16. The van der Waals surface area contributed by atoms with Crippen LogP contribution in [0.5, 0.6) is 0 Å². The first kappa shape index (κ1) is 12.5. The Kier molecular flexibility index (Phi) is 5.81. The third kappa shape index (κ3) is 5.70. The predicted molar refractivity (Wildman–Crippen MR) is 47.2 cm³/mol. The average molecular weight is 191 g/mol. The van der Waals surface area contributed by atoms with Crippen LogP contribution in [0.15, 0.2) is 0 Å². The first-order valence-electron chi connectivity index (χ1n) is 4.16. The van der Waals surface area contributed by atoms with Gasteiger partial charge in [-0.1, -0.05) is 0 Å². The fourth-order valence-electron chi connectivity index (χ4n) is 0.633. The standard InChI is InChI=1S/C8H17NO4/c1-7(12)2-3-13-6-8(9,4-10)5-11/h4,7,11-12H,2-3,5-6,9H2,1H3/t7-,8-/m1/s1. The van der Waals surface area contributed by atoms with Crippen molar-refractivity contribution < 1.29 is 19.7 Å². The lowest BCUT2D eigenvalue weighted by Gasteiger charge is -2.19. The van der Waals surface area contributed by atoms with Gasteiger partial charge in [-0.05, 0) is 13.3 Å². The van der Waals surface area contributed by atoms with E-state index in [0.717, 1.165) is 0 Å². The normalized spacial score (nSPS) is 17.8. The second-order valence-corrected chi connectivity index (χ2v) is 3.20. The molecule has 2 atom stereocenters. The fourth-order valence-corrected chi connectivity index (χ4v) is 0.633. The number of ether oxygens (including phenoxy) is 1. The zero-order chi connectivity index (χ0) is 10.3. The van der Waals surface area contributed by atoms with Gasteiger partial charge in [-0.3, -0.25) is 0 Å². The minimum Gasteiger partial charge on any atom is -0.394 e. The first-order chi connectivity index (χ1) is 6.04. The Morgan fingerprint density at radius 1 is 1.69 bits per heavy atom. The summed E-state index contributed by atoms with van der Waals surface area (Å²) in [6, 6.07) is 0. The molecule has 0 fully saturated rings. The predicted octanol–water partition coefficient (Wildman–Crippen LogP) is -1.34. The van der Waals surface area contributed by atoms with Crippen LogP contribution in [0.2, 0.25) is 0 Å². The molecule has 78 valence electrons. The van der Waals surface area contributed by atoms with E-state index in [2.05, 4.69) is 0 Å². The van der Waals surface area contributed by atoms with E-state index in [4.69, 9.17) is 20.7 Å². The van der Waals surface area contributed by atoms with Crippen LogP contribution >= 0.6 is 0 Å². The molecule has 0 aromatic carbocycles. The molecular formula is C8H17NO4. The topological polar surface area (TPSA) is 92.8 Å². The summed E-state index contributed by atoms with van der Waals surface area (Å²) in [5.41, 5.74) is 4.10. The maximum atomic E-state index is 10.4. The van der Waals surface area contributed by atoms with Crippen LogP contribution in [0, 0.1) is 0 Å². The zero-order valence-electron chi connectivity index (χ0n) is 7.77. The number of carbonyl (C=O) groups is 1. The van der Waals surface area contributed by atoms with E-state index in [1.807, 2.05) is 0 Å².